The standard InChI is InChI=1S/C19H18N6O3S/c1-12-4-6-13(7-5-12)25-19(21-23-24-25)29-11-17-20-18(22-28-17)15-9-8-14(26-2)10-16(15)27-3/h4-10H,11H2,1-3H3. The minimum atomic E-state index is 0.428. The molecule has 0 aliphatic heterocycles. The van der Waals surface area contributed by atoms with Crippen LogP contribution in [-0.2, 0) is 5.75 Å². The molecule has 0 aliphatic rings. The van der Waals surface area contributed by atoms with E-state index in [1.807, 2.05) is 43.3 Å². The fourth-order valence-electron chi connectivity index (χ4n) is 2.65. The zero-order valence-corrected chi connectivity index (χ0v) is 16.9. The van der Waals surface area contributed by atoms with Gasteiger partial charge in [-0.1, -0.05) is 34.6 Å². The lowest BCUT2D eigenvalue weighted by atomic mass is 10.2. The predicted octanol–water partition coefficient (Wildman–Crippen LogP) is 3.33. The van der Waals surface area contributed by atoms with E-state index in [-0.39, 0.29) is 0 Å². The maximum Gasteiger partial charge on any atom is 0.237 e. The van der Waals surface area contributed by atoms with Gasteiger partial charge in [0.25, 0.3) is 0 Å². The van der Waals surface area contributed by atoms with Gasteiger partial charge >= 0.3 is 0 Å². The summed E-state index contributed by atoms with van der Waals surface area (Å²) in [5.41, 5.74) is 2.78. The number of benzene rings is 2. The molecule has 0 saturated heterocycles. The molecule has 0 N–H and O–H groups in total. The van der Waals surface area contributed by atoms with Crippen LogP contribution in [0.25, 0.3) is 17.1 Å². The Kier molecular flexibility index (Phi) is 5.43. The summed E-state index contributed by atoms with van der Waals surface area (Å²) >= 11 is 1.41. The second-order valence-electron chi connectivity index (χ2n) is 6.08. The van der Waals surface area contributed by atoms with E-state index in [9.17, 15) is 0 Å². The largest absolute Gasteiger partial charge is 0.497 e. The highest BCUT2D eigenvalue weighted by molar-refractivity contribution is 7.98. The summed E-state index contributed by atoms with van der Waals surface area (Å²) in [6.45, 7) is 2.03. The highest BCUT2D eigenvalue weighted by Gasteiger charge is 2.16. The summed E-state index contributed by atoms with van der Waals surface area (Å²) in [6, 6.07) is 13.4. The number of tetrazole rings is 1. The maximum absolute atomic E-state index is 5.41. The molecular formula is C19H18N6O3S. The molecule has 148 valence electrons. The Morgan fingerprint density at radius 1 is 1.07 bits per heavy atom. The van der Waals surface area contributed by atoms with Crippen molar-refractivity contribution in [2.75, 3.05) is 14.2 Å². The first-order chi connectivity index (χ1) is 14.2. The number of methoxy groups -OCH3 is 2. The summed E-state index contributed by atoms with van der Waals surface area (Å²) in [6.07, 6.45) is 0. The van der Waals surface area contributed by atoms with Crippen molar-refractivity contribution in [3.8, 4) is 28.6 Å². The van der Waals surface area contributed by atoms with Crippen molar-refractivity contribution in [2.24, 2.45) is 0 Å². The highest BCUT2D eigenvalue weighted by atomic mass is 32.2. The molecule has 2 heterocycles. The zero-order chi connectivity index (χ0) is 20.2. The van der Waals surface area contributed by atoms with Crippen molar-refractivity contribution >= 4 is 11.8 Å². The summed E-state index contributed by atoms with van der Waals surface area (Å²) in [5, 5.41) is 16.6. The van der Waals surface area contributed by atoms with Gasteiger partial charge in [0.05, 0.1) is 31.2 Å². The second-order valence-corrected chi connectivity index (χ2v) is 7.02. The fraction of sp³-hybridized carbons (Fsp3) is 0.211. The van der Waals surface area contributed by atoms with Crippen LogP contribution in [0.2, 0.25) is 0 Å². The topological polar surface area (TPSA) is 101 Å². The van der Waals surface area contributed by atoms with Crippen molar-refractivity contribution < 1.29 is 14.0 Å². The molecule has 0 bridgehead atoms. The van der Waals surface area contributed by atoms with E-state index in [1.165, 1.54) is 17.3 Å². The van der Waals surface area contributed by atoms with Gasteiger partial charge in [0.2, 0.25) is 16.9 Å². The molecule has 0 aliphatic carbocycles. The lowest BCUT2D eigenvalue weighted by Crippen LogP contribution is -1.99. The molecule has 2 aromatic heterocycles. The molecule has 4 rings (SSSR count). The zero-order valence-electron chi connectivity index (χ0n) is 16.1. The molecule has 2 aromatic carbocycles. The van der Waals surface area contributed by atoms with Crippen LogP contribution in [0.4, 0.5) is 0 Å². The number of hydrogen-bond donors (Lipinski definition) is 0. The number of thioether (sulfide) groups is 1. The molecule has 0 atom stereocenters. The van der Waals surface area contributed by atoms with Crippen LogP contribution in [-0.4, -0.2) is 44.6 Å². The minimum Gasteiger partial charge on any atom is -0.497 e. The first-order valence-corrected chi connectivity index (χ1v) is 9.69. The van der Waals surface area contributed by atoms with Crippen LogP contribution in [0.15, 0.2) is 52.1 Å². The lowest BCUT2D eigenvalue weighted by molar-refractivity contribution is 0.388. The van der Waals surface area contributed by atoms with Crippen LogP contribution < -0.4 is 9.47 Å². The van der Waals surface area contributed by atoms with Crippen LogP contribution in [0.3, 0.4) is 0 Å². The summed E-state index contributed by atoms with van der Waals surface area (Å²) < 4.78 is 17.7. The Bertz CT molecular complexity index is 1110. The Morgan fingerprint density at radius 2 is 1.90 bits per heavy atom. The normalized spacial score (nSPS) is 10.9. The van der Waals surface area contributed by atoms with Crippen LogP contribution in [0.5, 0.6) is 11.5 Å². The first-order valence-electron chi connectivity index (χ1n) is 8.71. The maximum atomic E-state index is 5.41. The third-order valence-corrected chi connectivity index (χ3v) is 5.07. The number of rotatable bonds is 7. The van der Waals surface area contributed by atoms with E-state index < -0.39 is 0 Å². The van der Waals surface area contributed by atoms with Crippen LogP contribution >= 0.6 is 11.8 Å². The molecule has 0 saturated carbocycles. The summed E-state index contributed by atoms with van der Waals surface area (Å²) in [5.74, 6) is 2.62. The lowest BCUT2D eigenvalue weighted by Gasteiger charge is -2.07. The molecule has 0 fully saturated rings. The third kappa shape index (κ3) is 4.06. The van der Waals surface area contributed by atoms with Crippen LogP contribution in [0, 0.1) is 6.92 Å². The molecular weight excluding hydrogens is 392 g/mol. The van der Waals surface area contributed by atoms with Gasteiger partial charge in [-0.05, 0) is 41.6 Å². The van der Waals surface area contributed by atoms with Gasteiger partial charge in [0.1, 0.15) is 11.5 Å². The molecule has 0 radical (unpaired) electrons. The van der Waals surface area contributed by atoms with Crippen molar-refractivity contribution in [3.63, 3.8) is 0 Å². The number of aromatic nitrogens is 6. The van der Waals surface area contributed by atoms with Gasteiger partial charge in [-0.15, -0.1) is 5.10 Å². The Labute approximate surface area is 171 Å². The van der Waals surface area contributed by atoms with E-state index in [4.69, 9.17) is 14.0 Å². The van der Waals surface area contributed by atoms with E-state index in [1.54, 1.807) is 25.0 Å². The van der Waals surface area contributed by atoms with Gasteiger partial charge in [-0.3, -0.25) is 0 Å². The number of aryl methyl sites for hydroxylation is 1. The quantitative estimate of drug-likeness (QED) is 0.425. The smallest absolute Gasteiger partial charge is 0.237 e. The monoisotopic (exact) mass is 410 g/mol. The number of ether oxygens (including phenoxy) is 2. The Morgan fingerprint density at radius 3 is 2.66 bits per heavy atom. The molecule has 9 nitrogen and oxygen atoms in total. The summed E-state index contributed by atoms with van der Waals surface area (Å²) in [7, 11) is 3.18. The molecule has 0 amide bonds. The molecule has 0 spiro atoms. The van der Waals surface area contributed by atoms with E-state index in [0.717, 1.165) is 11.3 Å². The van der Waals surface area contributed by atoms with E-state index in [0.29, 0.717) is 34.1 Å². The van der Waals surface area contributed by atoms with Crippen LogP contribution in [0.1, 0.15) is 11.5 Å². The molecule has 10 heteroatoms. The van der Waals surface area contributed by atoms with Crippen molar-refractivity contribution in [3.05, 3.63) is 53.9 Å². The van der Waals surface area contributed by atoms with Gasteiger partial charge in [-0.2, -0.15) is 9.67 Å². The molecule has 0 unspecified atom stereocenters. The average molecular weight is 410 g/mol. The average Bonchev–Trinajstić information content (AvgIpc) is 3.42. The SMILES string of the molecule is COc1ccc(-c2noc(CSc3nnnn3-c3ccc(C)cc3)n2)c(OC)c1. The molecule has 29 heavy (non-hydrogen) atoms. The van der Waals surface area contributed by atoms with Gasteiger partial charge in [0, 0.05) is 6.07 Å². The Balaban J connectivity index is 1.50. The van der Waals surface area contributed by atoms with E-state index >= 15 is 0 Å². The van der Waals surface area contributed by atoms with Gasteiger partial charge < -0.3 is 14.0 Å². The minimum absolute atomic E-state index is 0.428. The van der Waals surface area contributed by atoms with E-state index in [2.05, 4.69) is 25.7 Å². The molecule has 4 aromatic rings. The first kappa shape index (κ1) is 18.9. The number of hydrogen-bond acceptors (Lipinski definition) is 9. The predicted molar refractivity (Wildman–Crippen MR) is 106 cm³/mol. The third-order valence-electron chi connectivity index (χ3n) is 4.16. The summed E-state index contributed by atoms with van der Waals surface area (Å²) in [4.78, 5) is 4.46. The second kappa shape index (κ2) is 8.31. The fourth-order valence-corrected chi connectivity index (χ4v) is 3.38. The van der Waals surface area contributed by atoms with Gasteiger partial charge in [0.15, 0.2) is 0 Å². The highest BCUT2D eigenvalue weighted by Crippen LogP contribution is 2.32. The van der Waals surface area contributed by atoms with Gasteiger partial charge in [-0.25, -0.2) is 0 Å². The van der Waals surface area contributed by atoms with Crippen molar-refractivity contribution in [1.82, 2.24) is 30.3 Å². The van der Waals surface area contributed by atoms with Crippen molar-refractivity contribution in [2.45, 2.75) is 17.8 Å². The Hall–Kier alpha value is -3.40. The van der Waals surface area contributed by atoms with Crippen molar-refractivity contribution in [1.29, 1.82) is 0 Å². The number of nitrogens with zero attached hydrogens (tertiary/aromatic N) is 6.